The first-order valence-electron chi connectivity index (χ1n) is 5.01. The molecule has 0 amide bonds. The van der Waals surface area contributed by atoms with Crippen molar-refractivity contribution in [3.63, 3.8) is 0 Å². The Kier molecular flexibility index (Phi) is 2.49. The van der Waals surface area contributed by atoms with Crippen LogP contribution in [0, 0.1) is 16.7 Å². The molecule has 1 aliphatic carbocycles. The Bertz CT molecular complexity index is 461. The van der Waals surface area contributed by atoms with Crippen LogP contribution in [0.1, 0.15) is 18.5 Å². The molecule has 0 aromatic carbocycles. The number of aliphatic carboxylic acids is 1. The van der Waals surface area contributed by atoms with Gasteiger partial charge in [-0.2, -0.15) is 5.26 Å². The maximum Gasteiger partial charge on any atom is 0.311 e. The molecule has 0 bridgehead atoms. The highest BCUT2D eigenvalue weighted by Gasteiger charge is 2.50. The first-order chi connectivity index (χ1) is 7.66. The van der Waals surface area contributed by atoms with Crippen LogP contribution >= 0.6 is 0 Å². The molecular weight excluding hydrogens is 206 g/mol. The first-order valence-corrected chi connectivity index (χ1v) is 5.01. The molecule has 1 aromatic heterocycles. The minimum atomic E-state index is -0.767. The van der Waals surface area contributed by atoms with E-state index < -0.39 is 11.4 Å². The van der Waals surface area contributed by atoms with Crippen LogP contribution in [0.2, 0.25) is 0 Å². The summed E-state index contributed by atoms with van der Waals surface area (Å²) in [6, 6.07) is 6.98. The van der Waals surface area contributed by atoms with Gasteiger partial charge in [0.2, 0.25) is 0 Å². The summed E-state index contributed by atoms with van der Waals surface area (Å²) < 4.78 is 0. The lowest BCUT2D eigenvalue weighted by atomic mass is 10.1. The molecule has 82 valence electrons. The summed E-state index contributed by atoms with van der Waals surface area (Å²) in [6.45, 7) is 0.365. The molecule has 5 nitrogen and oxygen atoms in total. The number of rotatable bonds is 4. The van der Waals surface area contributed by atoms with Crippen molar-refractivity contribution in [2.75, 3.05) is 11.9 Å². The molecule has 1 saturated carbocycles. The number of anilines is 1. The van der Waals surface area contributed by atoms with Gasteiger partial charge in [-0.25, -0.2) is 4.98 Å². The third-order valence-electron chi connectivity index (χ3n) is 2.78. The van der Waals surface area contributed by atoms with Crippen LogP contribution in [-0.4, -0.2) is 22.6 Å². The predicted octanol–water partition coefficient (Wildman–Crippen LogP) is 1.23. The molecule has 0 radical (unpaired) electrons. The quantitative estimate of drug-likeness (QED) is 0.792. The highest BCUT2D eigenvalue weighted by Crippen LogP contribution is 2.45. The number of nitrogens with one attached hydrogen (secondary N) is 1. The van der Waals surface area contributed by atoms with Crippen LogP contribution in [0.3, 0.4) is 0 Å². The zero-order chi connectivity index (χ0) is 11.6. The summed E-state index contributed by atoms with van der Waals surface area (Å²) in [5, 5.41) is 20.6. The third-order valence-corrected chi connectivity index (χ3v) is 2.78. The molecule has 0 saturated heterocycles. The van der Waals surface area contributed by atoms with Gasteiger partial charge in [0.15, 0.2) is 0 Å². The normalized spacial score (nSPS) is 16.2. The van der Waals surface area contributed by atoms with E-state index >= 15 is 0 Å². The van der Waals surface area contributed by atoms with E-state index in [4.69, 9.17) is 10.4 Å². The van der Waals surface area contributed by atoms with E-state index in [2.05, 4.69) is 10.3 Å². The van der Waals surface area contributed by atoms with Gasteiger partial charge in [0.1, 0.15) is 17.6 Å². The molecule has 1 heterocycles. The minimum absolute atomic E-state index is 0.324. The van der Waals surface area contributed by atoms with Crippen molar-refractivity contribution in [3.05, 3.63) is 23.9 Å². The van der Waals surface area contributed by atoms with Crippen LogP contribution in [0.5, 0.6) is 0 Å². The molecule has 1 fully saturated rings. The van der Waals surface area contributed by atoms with Crippen LogP contribution in [0.15, 0.2) is 18.2 Å². The van der Waals surface area contributed by atoms with Gasteiger partial charge in [-0.05, 0) is 25.0 Å². The Morgan fingerprint density at radius 2 is 2.38 bits per heavy atom. The molecule has 1 aromatic rings. The second-order valence-corrected chi connectivity index (χ2v) is 3.96. The molecule has 0 atom stereocenters. The summed E-state index contributed by atoms with van der Waals surface area (Å²) in [6.07, 6.45) is 1.40. The number of hydrogen-bond acceptors (Lipinski definition) is 4. The van der Waals surface area contributed by atoms with E-state index in [-0.39, 0.29) is 0 Å². The Labute approximate surface area is 92.7 Å². The standard InChI is InChI=1S/C11H11N3O2/c12-6-8-2-1-3-9(14-8)13-7-11(4-5-11)10(15)16/h1-3H,4-5,7H2,(H,13,14)(H,15,16). The summed E-state index contributed by atoms with van der Waals surface area (Å²) in [7, 11) is 0. The zero-order valence-electron chi connectivity index (χ0n) is 8.60. The highest BCUT2D eigenvalue weighted by molar-refractivity contribution is 5.78. The van der Waals surface area contributed by atoms with Gasteiger partial charge in [0, 0.05) is 6.54 Å². The van der Waals surface area contributed by atoms with E-state index in [1.807, 2.05) is 6.07 Å². The molecule has 16 heavy (non-hydrogen) atoms. The fourth-order valence-electron chi connectivity index (χ4n) is 1.47. The fourth-order valence-corrected chi connectivity index (χ4v) is 1.47. The summed E-state index contributed by atoms with van der Waals surface area (Å²) >= 11 is 0. The zero-order valence-corrected chi connectivity index (χ0v) is 8.60. The Morgan fingerprint density at radius 3 is 2.94 bits per heavy atom. The van der Waals surface area contributed by atoms with Crippen molar-refractivity contribution in [1.29, 1.82) is 5.26 Å². The van der Waals surface area contributed by atoms with Crippen molar-refractivity contribution >= 4 is 11.8 Å². The summed E-state index contributed by atoms with van der Waals surface area (Å²) in [5.41, 5.74) is -0.296. The number of nitrogens with zero attached hydrogens (tertiary/aromatic N) is 2. The third kappa shape index (κ3) is 1.96. The van der Waals surface area contributed by atoms with Gasteiger partial charge < -0.3 is 10.4 Å². The van der Waals surface area contributed by atoms with Gasteiger partial charge in [-0.15, -0.1) is 0 Å². The van der Waals surface area contributed by atoms with E-state index in [0.717, 1.165) is 0 Å². The van der Waals surface area contributed by atoms with Crippen LogP contribution in [0.25, 0.3) is 0 Å². The maximum atomic E-state index is 10.9. The predicted molar refractivity (Wildman–Crippen MR) is 56.7 cm³/mol. The molecule has 0 unspecified atom stereocenters. The lowest BCUT2D eigenvalue weighted by Crippen LogP contribution is -2.24. The van der Waals surface area contributed by atoms with E-state index in [1.54, 1.807) is 18.2 Å². The number of hydrogen-bond donors (Lipinski definition) is 2. The van der Waals surface area contributed by atoms with E-state index in [1.165, 1.54) is 0 Å². The van der Waals surface area contributed by atoms with Crippen LogP contribution < -0.4 is 5.32 Å². The molecule has 1 aliphatic rings. The van der Waals surface area contributed by atoms with Gasteiger partial charge in [0.05, 0.1) is 5.41 Å². The van der Waals surface area contributed by atoms with Gasteiger partial charge >= 0.3 is 5.97 Å². The Hall–Kier alpha value is -2.09. The molecule has 2 N–H and O–H groups in total. The van der Waals surface area contributed by atoms with Gasteiger partial charge in [0.25, 0.3) is 0 Å². The van der Waals surface area contributed by atoms with Crippen molar-refractivity contribution < 1.29 is 9.90 Å². The molecule has 2 rings (SSSR count). The number of pyridine rings is 1. The Balaban J connectivity index is 2.00. The summed E-state index contributed by atoms with van der Waals surface area (Å²) in [5.74, 6) is -0.219. The molecule has 5 heteroatoms. The van der Waals surface area contributed by atoms with Crippen molar-refractivity contribution in [2.45, 2.75) is 12.8 Å². The van der Waals surface area contributed by atoms with E-state index in [0.29, 0.717) is 30.9 Å². The minimum Gasteiger partial charge on any atom is -0.481 e. The number of aromatic nitrogens is 1. The number of carbonyl (C=O) groups is 1. The SMILES string of the molecule is N#Cc1cccc(NCC2(C(=O)O)CC2)n1. The topological polar surface area (TPSA) is 86.0 Å². The molecule has 0 spiro atoms. The van der Waals surface area contributed by atoms with Crippen molar-refractivity contribution in [3.8, 4) is 6.07 Å². The Morgan fingerprint density at radius 1 is 1.62 bits per heavy atom. The lowest BCUT2D eigenvalue weighted by Gasteiger charge is -2.11. The van der Waals surface area contributed by atoms with Crippen LogP contribution in [-0.2, 0) is 4.79 Å². The average Bonchev–Trinajstić information content (AvgIpc) is 3.08. The fraction of sp³-hybridized carbons (Fsp3) is 0.364. The van der Waals surface area contributed by atoms with E-state index in [9.17, 15) is 4.79 Å². The smallest absolute Gasteiger partial charge is 0.311 e. The first kappa shape index (κ1) is 10.4. The van der Waals surface area contributed by atoms with Crippen molar-refractivity contribution in [2.24, 2.45) is 5.41 Å². The average molecular weight is 217 g/mol. The largest absolute Gasteiger partial charge is 0.481 e. The second kappa shape index (κ2) is 3.81. The molecule has 0 aliphatic heterocycles. The number of carboxylic acid groups (broad SMARTS) is 1. The number of nitriles is 1. The summed E-state index contributed by atoms with van der Waals surface area (Å²) in [4.78, 5) is 14.9. The van der Waals surface area contributed by atoms with Crippen LogP contribution in [0.4, 0.5) is 5.82 Å². The lowest BCUT2D eigenvalue weighted by molar-refractivity contribution is -0.142. The maximum absolute atomic E-state index is 10.9. The highest BCUT2D eigenvalue weighted by atomic mass is 16.4. The second-order valence-electron chi connectivity index (χ2n) is 3.96. The molecular formula is C11H11N3O2. The monoisotopic (exact) mass is 217 g/mol. The van der Waals surface area contributed by atoms with Crippen molar-refractivity contribution in [1.82, 2.24) is 4.98 Å². The van der Waals surface area contributed by atoms with Gasteiger partial charge in [-0.1, -0.05) is 6.07 Å². The van der Waals surface area contributed by atoms with Gasteiger partial charge in [-0.3, -0.25) is 4.79 Å². The number of carboxylic acids is 1.